The molecule has 202 valence electrons. The van der Waals surface area contributed by atoms with Crippen molar-refractivity contribution in [3.05, 3.63) is 11.1 Å². The molecule has 0 amide bonds. The molecule has 0 spiro atoms. The fourth-order valence-electron chi connectivity index (χ4n) is 11.0. The lowest BCUT2D eigenvalue weighted by molar-refractivity contribution is -0.172. The number of ketones is 1. The lowest BCUT2D eigenvalue weighted by Crippen LogP contribution is -2.61. The normalized spacial score (nSPS) is 49.8. The highest BCUT2D eigenvalue weighted by atomic mass is 16.5. The first-order chi connectivity index (χ1) is 16.5. The number of rotatable bonds is 2. The number of fused-ring (bicyclic) bond motifs is 6. The van der Waals surface area contributed by atoms with E-state index in [0.717, 1.165) is 25.7 Å². The summed E-state index contributed by atoms with van der Waals surface area (Å²) in [7, 11) is 0. The Hall–Kier alpha value is -1.12. The molecule has 0 aromatic rings. The van der Waals surface area contributed by atoms with Gasteiger partial charge in [0.25, 0.3) is 0 Å². The Labute approximate surface area is 220 Å². The second-order valence-corrected chi connectivity index (χ2v) is 15.7. The van der Waals surface area contributed by atoms with Crippen molar-refractivity contribution in [2.24, 2.45) is 44.3 Å². The molecule has 5 aliphatic carbocycles. The van der Waals surface area contributed by atoms with Gasteiger partial charge in [0.2, 0.25) is 0 Å². The molecule has 5 rings (SSSR count). The van der Waals surface area contributed by atoms with Gasteiger partial charge in [-0.3, -0.25) is 9.59 Å². The summed E-state index contributed by atoms with van der Waals surface area (Å²) in [6, 6.07) is 0. The highest BCUT2D eigenvalue weighted by molar-refractivity contribution is 5.82. The minimum atomic E-state index is -0.150. The third-order valence-corrected chi connectivity index (χ3v) is 13.8. The molecule has 3 heteroatoms. The smallest absolute Gasteiger partial charge is 0.302 e. The van der Waals surface area contributed by atoms with E-state index in [4.69, 9.17) is 4.74 Å². The number of carbonyl (C=O) groups is 2. The minimum Gasteiger partial charge on any atom is -0.462 e. The Morgan fingerprint density at radius 2 is 1.42 bits per heavy atom. The standard InChI is InChI=1S/C33H52O3/c1-21(34)30(6)17-16-29(5)18-19-32(8)24-10-11-25-28(3,4)27(36-22(2)35)13-14-31(25,7)23(24)12-15-33(32,9)26(29)20-30/h25-27H,10-20H2,1-9H3/t25?,26-,27+,29-,30-,31-,32-,33+/m1/s1. The zero-order valence-electron chi connectivity index (χ0n) is 24.7. The Kier molecular flexibility index (Phi) is 5.85. The molecule has 0 heterocycles. The van der Waals surface area contributed by atoms with Crippen LogP contribution in [-0.4, -0.2) is 17.9 Å². The van der Waals surface area contributed by atoms with Crippen LogP contribution < -0.4 is 0 Å². The SMILES string of the molecule is CC(=O)O[C@H]1CC[C@]2(C)C3=C(CCC2C1(C)C)[C@@]1(C)CC[C@@]2(C)CC[C@@](C)(C(C)=O)C[C@H]2[C@]1(C)CC3. The lowest BCUT2D eigenvalue weighted by atomic mass is 9.35. The lowest BCUT2D eigenvalue weighted by Gasteiger charge is -2.69. The van der Waals surface area contributed by atoms with Crippen molar-refractivity contribution in [2.75, 3.05) is 0 Å². The first-order valence-electron chi connectivity index (χ1n) is 14.9. The van der Waals surface area contributed by atoms with Crippen LogP contribution in [0.25, 0.3) is 0 Å². The average Bonchev–Trinajstić information content (AvgIpc) is 2.78. The van der Waals surface area contributed by atoms with Gasteiger partial charge < -0.3 is 4.74 Å². The molecule has 0 aromatic carbocycles. The van der Waals surface area contributed by atoms with Crippen LogP contribution in [0.15, 0.2) is 11.1 Å². The van der Waals surface area contributed by atoms with E-state index < -0.39 is 0 Å². The Morgan fingerprint density at radius 1 is 0.750 bits per heavy atom. The van der Waals surface area contributed by atoms with Crippen LogP contribution in [0.5, 0.6) is 0 Å². The van der Waals surface area contributed by atoms with Gasteiger partial charge in [0.05, 0.1) is 0 Å². The third kappa shape index (κ3) is 3.35. The molecular weight excluding hydrogens is 444 g/mol. The number of ether oxygens (including phenoxy) is 1. The van der Waals surface area contributed by atoms with E-state index in [2.05, 4.69) is 48.5 Å². The van der Waals surface area contributed by atoms with Crippen molar-refractivity contribution in [2.45, 2.75) is 139 Å². The summed E-state index contributed by atoms with van der Waals surface area (Å²) in [4.78, 5) is 24.7. The van der Waals surface area contributed by atoms with E-state index >= 15 is 0 Å². The Balaban J connectivity index is 1.54. The van der Waals surface area contributed by atoms with E-state index in [1.165, 1.54) is 44.9 Å². The average molecular weight is 497 g/mol. The molecule has 3 fully saturated rings. The molecule has 0 aromatic heterocycles. The van der Waals surface area contributed by atoms with Gasteiger partial charge in [-0.05, 0) is 111 Å². The molecule has 5 aliphatic rings. The van der Waals surface area contributed by atoms with Gasteiger partial charge in [0, 0.05) is 17.8 Å². The van der Waals surface area contributed by atoms with Crippen molar-refractivity contribution in [1.29, 1.82) is 0 Å². The van der Waals surface area contributed by atoms with Crippen molar-refractivity contribution >= 4 is 11.8 Å². The molecule has 3 saturated carbocycles. The predicted molar refractivity (Wildman–Crippen MR) is 145 cm³/mol. The quantitative estimate of drug-likeness (QED) is 0.284. The van der Waals surface area contributed by atoms with Crippen LogP contribution in [-0.2, 0) is 14.3 Å². The Bertz CT molecular complexity index is 1010. The van der Waals surface area contributed by atoms with Gasteiger partial charge in [-0.1, -0.05) is 59.6 Å². The maximum Gasteiger partial charge on any atom is 0.302 e. The van der Waals surface area contributed by atoms with Crippen LogP contribution >= 0.6 is 0 Å². The number of hydrogen-bond acceptors (Lipinski definition) is 3. The van der Waals surface area contributed by atoms with Crippen LogP contribution in [0.3, 0.4) is 0 Å². The summed E-state index contributed by atoms with van der Waals surface area (Å²) in [6.45, 7) is 20.7. The van der Waals surface area contributed by atoms with Crippen LogP contribution in [0, 0.1) is 44.3 Å². The van der Waals surface area contributed by atoms with E-state index in [0.29, 0.717) is 23.0 Å². The number of hydrogen-bond donors (Lipinski definition) is 0. The summed E-state index contributed by atoms with van der Waals surface area (Å²) < 4.78 is 5.88. The molecule has 0 aliphatic heterocycles. The zero-order chi connectivity index (χ0) is 26.5. The highest BCUT2D eigenvalue weighted by Gasteiger charge is 2.66. The summed E-state index contributed by atoms with van der Waals surface area (Å²) in [6.07, 6.45) is 13.0. The number of carbonyl (C=O) groups excluding carboxylic acids is 2. The van der Waals surface area contributed by atoms with Gasteiger partial charge in [-0.15, -0.1) is 0 Å². The molecule has 36 heavy (non-hydrogen) atoms. The fraction of sp³-hybridized carbons (Fsp3) is 0.879. The second-order valence-electron chi connectivity index (χ2n) is 15.7. The third-order valence-electron chi connectivity index (χ3n) is 13.8. The Morgan fingerprint density at radius 3 is 2.06 bits per heavy atom. The first-order valence-corrected chi connectivity index (χ1v) is 14.9. The summed E-state index contributed by atoms with van der Waals surface area (Å²) in [5.74, 6) is 1.43. The molecule has 0 bridgehead atoms. The molecule has 0 N–H and O–H groups in total. The molecule has 8 atom stereocenters. The minimum absolute atomic E-state index is 0.00331. The number of allylic oxidation sites excluding steroid dienone is 2. The molecule has 0 saturated heterocycles. The largest absolute Gasteiger partial charge is 0.462 e. The van der Waals surface area contributed by atoms with Crippen LogP contribution in [0.1, 0.15) is 133 Å². The summed E-state index contributed by atoms with van der Waals surface area (Å²) in [5.41, 5.74) is 4.48. The molecule has 0 radical (unpaired) electrons. The number of esters is 1. The van der Waals surface area contributed by atoms with Gasteiger partial charge in [-0.25, -0.2) is 0 Å². The van der Waals surface area contributed by atoms with Crippen molar-refractivity contribution < 1.29 is 14.3 Å². The van der Waals surface area contributed by atoms with Crippen molar-refractivity contribution in [3.8, 4) is 0 Å². The maximum absolute atomic E-state index is 12.8. The summed E-state index contributed by atoms with van der Waals surface area (Å²) in [5, 5.41) is 0. The van der Waals surface area contributed by atoms with E-state index in [9.17, 15) is 9.59 Å². The second kappa shape index (κ2) is 7.95. The van der Waals surface area contributed by atoms with Gasteiger partial charge in [0.15, 0.2) is 0 Å². The summed E-state index contributed by atoms with van der Waals surface area (Å²) >= 11 is 0. The predicted octanol–water partition coefficient (Wildman–Crippen LogP) is 8.45. The van der Waals surface area contributed by atoms with E-state index in [1.807, 2.05) is 6.92 Å². The topological polar surface area (TPSA) is 43.4 Å². The van der Waals surface area contributed by atoms with Crippen molar-refractivity contribution in [1.82, 2.24) is 0 Å². The fourth-order valence-corrected chi connectivity index (χ4v) is 11.0. The van der Waals surface area contributed by atoms with Gasteiger partial charge in [-0.2, -0.15) is 0 Å². The maximum atomic E-state index is 12.8. The van der Waals surface area contributed by atoms with Crippen LogP contribution in [0.4, 0.5) is 0 Å². The monoisotopic (exact) mass is 496 g/mol. The highest BCUT2D eigenvalue weighted by Crippen LogP contribution is 2.75. The van der Waals surface area contributed by atoms with Gasteiger partial charge >= 0.3 is 5.97 Å². The van der Waals surface area contributed by atoms with E-state index in [1.54, 1.807) is 18.1 Å². The number of Topliss-reactive ketones (excluding diaryl/α,β-unsaturated/α-hetero) is 1. The van der Waals surface area contributed by atoms with Gasteiger partial charge in [0.1, 0.15) is 11.9 Å². The van der Waals surface area contributed by atoms with E-state index in [-0.39, 0.29) is 39.1 Å². The van der Waals surface area contributed by atoms with Crippen LogP contribution in [0.2, 0.25) is 0 Å². The zero-order valence-corrected chi connectivity index (χ0v) is 24.7. The van der Waals surface area contributed by atoms with Crippen molar-refractivity contribution in [3.63, 3.8) is 0 Å². The first kappa shape index (κ1) is 26.5. The molecule has 1 unspecified atom stereocenters. The molecular formula is C33H52O3. The molecule has 3 nitrogen and oxygen atoms in total.